The first kappa shape index (κ1) is 22.6. The topological polar surface area (TPSA) is 95.5 Å². The van der Waals surface area contributed by atoms with Gasteiger partial charge in [-0.15, -0.1) is 11.3 Å². The normalized spacial score (nSPS) is 10.9. The fourth-order valence-electron chi connectivity index (χ4n) is 3.24. The molecule has 0 aliphatic rings. The van der Waals surface area contributed by atoms with Crippen molar-refractivity contribution < 1.29 is 23.4 Å². The number of carbonyl (C=O) groups is 1. The fraction of sp³-hybridized carbons (Fsp3) is 0.217. The lowest BCUT2D eigenvalue weighted by atomic mass is 10.2. The SMILES string of the molecule is COCc1nc(OC)c2c(C)c(C(=O)NCc3ccc(Oc4cccnc4)c(F)c3)sc2n1. The van der Waals surface area contributed by atoms with Crippen LogP contribution in [0.3, 0.4) is 0 Å². The summed E-state index contributed by atoms with van der Waals surface area (Å²) in [5.74, 6) is 0.558. The molecule has 0 bridgehead atoms. The second kappa shape index (κ2) is 9.88. The van der Waals surface area contributed by atoms with Crippen molar-refractivity contribution in [3.63, 3.8) is 0 Å². The summed E-state index contributed by atoms with van der Waals surface area (Å²) in [4.78, 5) is 26.7. The summed E-state index contributed by atoms with van der Waals surface area (Å²) < 4.78 is 30.5. The van der Waals surface area contributed by atoms with Crippen molar-refractivity contribution in [3.05, 3.63) is 70.4 Å². The quantitative estimate of drug-likeness (QED) is 0.409. The molecule has 1 N–H and O–H groups in total. The minimum atomic E-state index is -0.533. The Kier molecular flexibility index (Phi) is 6.76. The number of aromatic nitrogens is 3. The molecular formula is C23H21FN4O4S. The number of benzene rings is 1. The van der Waals surface area contributed by atoms with E-state index in [0.717, 1.165) is 5.56 Å². The molecule has 0 aliphatic carbocycles. The van der Waals surface area contributed by atoms with Crippen LogP contribution in [0.15, 0.2) is 42.7 Å². The zero-order valence-electron chi connectivity index (χ0n) is 18.2. The van der Waals surface area contributed by atoms with Crippen LogP contribution in [0.1, 0.15) is 26.6 Å². The van der Waals surface area contributed by atoms with E-state index in [2.05, 4.69) is 20.3 Å². The summed E-state index contributed by atoms with van der Waals surface area (Å²) in [6.07, 6.45) is 3.10. The van der Waals surface area contributed by atoms with E-state index in [1.165, 1.54) is 36.8 Å². The maximum absolute atomic E-state index is 14.5. The molecule has 10 heteroatoms. The third-order valence-corrected chi connectivity index (χ3v) is 5.97. The lowest BCUT2D eigenvalue weighted by Gasteiger charge is -2.09. The first-order valence-corrected chi connectivity index (χ1v) is 10.8. The Morgan fingerprint density at radius 3 is 2.76 bits per heavy atom. The highest BCUT2D eigenvalue weighted by molar-refractivity contribution is 7.20. The van der Waals surface area contributed by atoms with Crippen LogP contribution in [-0.4, -0.2) is 35.1 Å². The Labute approximate surface area is 193 Å². The van der Waals surface area contributed by atoms with Gasteiger partial charge >= 0.3 is 0 Å². The predicted octanol–water partition coefficient (Wildman–Crippen LogP) is 4.41. The summed E-state index contributed by atoms with van der Waals surface area (Å²) in [7, 11) is 3.07. The fourth-order valence-corrected chi connectivity index (χ4v) is 4.34. The van der Waals surface area contributed by atoms with Crippen molar-refractivity contribution in [2.45, 2.75) is 20.1 Å². The highest BCUT2D eigenvalue weighted by atomic mass is 32.1. The maximum Gasteiger partial charge on any atom is 0.261 e. The monoisotopic (exact) mass is 468 g/mol. The molecule has 8 nitrogen and oxygen atoms in total. The molecule has 0 aliphatic heterocycles. The van der Waals surface area contributed by atoms with Gasteiger partial charge in [0.1, 0.15) is 17.2 Å². The highest BCUT2D eigenvalue weighted by Crippen LogP contribution is 2.35. The van der Waals surface area contributed by atoms with Crippen molar-refractivity contribution in [2.75, 3.05) is 14.2 Å². The van der Waals surface area contributed by atoms with Crippen LogP contribution in [0.2, 0.25) is 0 Å². The van der Waals surface area contributed by atoms with E-state index in [9.17, 15) is 9.18 Å². The number of rotatable bonds is 8. The molecule has 0 atom stereocenters. The van der Waals surface area contributed by atoms with Gasteiger partial charge in [0.25, 0.3) is 5.91 Å². The number of hydrogen-bond donors (Lipinski definition) is 1. The van der Waals surface area contributed by atoms with Gasteiger partial charge < -0.3 is 19.5 Å². The smallest absolute Gasteiger partial charge is 0.261 e. The van der Waals surface area contributed by atoms with Gasteiger partial charge in [-0.25, -0.2) is 9.37 Å². The molecule has 170 valence electrons. The molecule has 0 unspecified atom stereocenters. The third kappa shape index (κ3) is 4.91. The minimum Gasteiger partial charge on any atom is -0.480 e. The number of thiophene rings is 1. The van der Waals surface area contributed by atoms with E-state index in [4.69, 9.17) is 14.2 Å². The number of ether oxygens (including phenoxy) is 3. The second-order valence-electron chi connectivity index (χ2n) is 7.06. The summed E-state index contributed by atoms with van der Waals surface area (Å²) in [5, 5.41) is 3.52. The van der Waals surface area contributed by atoms with Crippen LogP contribution >= 0.6 is 11.3 Å². The zero-order chi connectivity index (χ0) is 23.4. The molecule has 0 spiro atoms. The number of carbonyl (C=O) groups excluding carboxylic acids is 1. The second-order valence-corrected chi connectivity index (χ2v) is 8.06. The van der Waals surface area contributed by atoms with Gasteiger partial charge in [0.05, 0.1) is 23.6 Å². The van der Waals surface area contributed by atoms with Crippen molar-refractivity contribution in [1.29, 1.82) is 0 Å². The molecule has 1 aromatic carbocycles. The summed E-state index contributed by atoms with van der Waals surface area (Å²) >= 11 is 1.24. The molecule has 4 aromatic rings. The van der Waals surface area contributed by atoms with Gasteiger partial charge in [0.15, 0.2) is 17.4 Å². The molecule has 0 saturated carbocycles. The molecular weight excluding hydrogens is 447 g/mol. The average molecular weight is 469 g/mol. The van der Waals surface area contributed by atoms with E-state index in [0.29, 0.717) is 38.1 Å². The lowest BCUT2D eigenvalue weighted by molar-refractivity contribution is 0.0954. The number of fused-ring (bicyclic) bond motifs is 1. The Bertz CT molecular complexity index is 1300. The van der Waals surface area contributed by atoms with E-state index in [-0.39, 0.29) is 24.8 Å². The van der Waals surface area contributed by atoms with Crippen LogP contribution < -0.4 is 14.8 Å². The van der Waals surface area contributed by atoms with Gasteiger partial charge in [-0.05, 0) is 42.3 Å². The van der Waals surface area contributed by atoms with Crippen LogP contribution in [0, 0.1) is 12.7 Å². The number of nitrogens with zero attached hydrogens (tertiary/aromatic N) is 3. The molecule has 0 fully saturated rings. The van der Waals surface area contributed by atoms with Crippen molar-refractivity contribution in [3.8, 4) is 17.4 Å². The van der Waals surface area contributed by atoms with E-state index in [1.54, 1.807) is 31.5 Å². The van der Waals surface area contributed by atoms with Gasteiger partial charge in [0, 0.05) is 19.9 Å². The molecule has 3 heterocycles. The third-order valence-electron chi connectivity index (χ3n) is 4.79. The molecule has 33 heavy (non-hydrogen) atoms. The first-order valence-electron chi connectivity index (χ1n) is 9.97. The largest absolute Gasteiger partial charge is 0.480 e. The summed E-state index contributed by atoms with van der Waals surface area (Å²) in [6, 6.07) is 7.93. The van der Waals surface area contributed by atoms with Gasteiger partial charge in [-0.2, -0.15) is 4.98 Å². The van der Waals surface area contributed by atoms with Gasteiger partial charge in [-0.3, -0.25) is 9.78 Å². The van der Waals surface area contributed by atoms with Crippen LogP contribution in [0.25, 0.3) is 10.2 Å². The molecule has 0 saturated heterocycles. The van der Waals surface area contributed by atoms with Gasteiger partial charge in [-0.1, -0.05) is 6.07 Å². The molecule has 4 rings (SSSR count). The number of halogens is 1. The van der Waals surface area contributed by atoms with E-state index < -0.39 is 5.82 Å². The summed E-state index contributed by atoms with van der Waals surface area (Å²) in [6.45, 7) is 2.20. The Balaban J connectivity index is 1.49. The van der Waals surface area contributed by atoms with Crippen LogP contribution in [-0.2, 0) is 17.9 Å². The number of amides is 1. The predicted molar refractivity (Wildman–Crippen MR) is 121 cm³/mol. The maximum atomic E-state index is 14.5. The van der Waals surface area contributed by atoms with Crippen LogP contribution in [0.4, 0.5) is 4.39 Å². The minimum absolute atomic E-state index is 0.0796. The number of methoxy groups -OCH3 is 2. The zero-order valence-corrected chi connectivity index (χ0v) is 19.0. The first-order chi connectivity index (χ1) is 16.0. The Morgan fingerprint density at radius 1 is 1.21 bits per heavy atom. The van der Waals surface area contributed by atoms with E-state index in [1.807, 2.05) is 6.92 Å². The number of aryl methyl sites for hydroxylation is 1. The molecule has 1 amide bonds. The van der Waals surface area contributed by atoms with Gasteiger partial charge in [0.2, 0.25) is 5.88 Å². The Morgan fingerprint density at radius 2 is 2.06 bits per heavy atom. The number of nitrogens with one attached hydrogen (secondary N) is 1. The van der Waals surface area contributed by atoms with Crippen molar-refractivity contribution in [1.82, 2.24) is 20.3 Å². The summed E-state index contributed by atoms with van der Waals surface area (Å²) in [5.41, 5.74) is 1.32. The van der Waals surface area contributed by atoms with Crippen LogP contribution in [0.5, 0.6) is 17.4 Å². The average Bonchev–Trinajstić information content (AvgIpc) is 3.16. The Hall–Kier alpha value is -3.63. The molecule has 3 aromatic heterocycles. The van der Waals surface area contributed by atoms with E-state index >= 15 is 0 Å². The molecule has 0 radical (unpaired) electrons. The van der Waals surface area contributed by atoms with Crippen molar-refractivity contribution in [2.24, 2.45) is 0 Å². The standard InChI is InChI=1S/C23H21FN4O4S/c1-13-19-22(31-3)27-18(12-30-2)28-23(19)33-20(13)21(29)26-10-14-6-7-17(16(24)9-14)32-15-5-4-8-25-11-15/h4-9,11H,10,12H2,1-3H3,(H,26,29). The number of pyridine rings is 1. The highest BCUT2D eigenvalue weighted by Gasteiger charge is 2.21. The number of hydrogen-bond acceptors (Lipinski definition) is 8. The van der Waals surface area contributed by atoms with Crippen molar-refractivity contribution >= 4 is 27.5 Å². The lowest BCUT2D eigenvalue weighted by Crippen LogP contribution is -2.22.